The largest absolute Gasteiger partial charge is 0.297 e. The number of nitrogens with zero attached hydrogens (tertiary/aromatic N) is 5. The number of nitriles is 1. The van der Waals surface area contributed by atoms with Crippen molar-refractivity contribution in [2.45, 2.75) is 33.1 Å². The number of hydrogen-bond donors (Lipinski definition) is 2. The fraction of sp³-hybridized carbons (Fsp3) is 0.462. The maximum absolute atomic E-state index is 12.1. The van der Waals surface area contributed by atoms with Gasteiger partial charge in [0.1, 0.15) is 11.6 Å². The molecule has 21 heavy (non-hydrogen) atoms. The van der Waals surface area contributed by atoms with Gasteiger partial charge < -0.3 is 0 Å². The van der Waals surface area contributed by atoms with Crippen molar-refractivity contribution in [2.75, 3.05) is 0 Å². The van der Waals surface area contributed by atoms with Crippen molar-refractivity contribution < 1.29 is 0 Å². The number of H-pyrrole nitrogens is 2. The Hall–Kier alpha value is -2.69. The van der Waals surface area contributed by atoms with Crippen LogP contribution in [0.5, 0.6) is 0 Å². The molecule has 0 radical (unpaired) electrons. The van der Waals surface area contributed by atoms with Gasteiger partial charge in [0.15, 0.2) is 5.69 Å². The van der Waals surface area contributed by atoms with E-state index in [0.29, 0.717) is 17.0 Å². The highest BCUT2D eigenvalue weighted by Gasteiger charge is 2.24. The summed E-state index contributed by atoms with van der Waals surface area (Å²) in [6, 6.07) is 2.01. The third-order valence-corrected chi connectivity index (χ3v) is 3.06. The van der Waals surface area contributed by atoms with Crippen LogP contribution < -0.4 is 5.56 Å². The van der Waals surface area contributed by atoms with Crippen LogP contribution in [0.3, 0.4) is 0 Å². The summed E-state index contributed by atoms with van der Waals surface area (Å²) in [6.45, 7) is 7.63. The van der Waals surface area contributed by atoms with Crippen LogP contribution in [0.2, 0.25) is 0 Å². The molecule has 2 heterocycles. The molecule has 0 saturated carbocycles. The SMILES string of the molecule is Cc1[nH]nc(N=Nc2c(C(C)(C)C)[nH]n(C)c2=O)c1C#N. The van der Waals surface area contributed by atoms with Crippen LogP contribution in [0.1, 0.15) is 37.7 Å². The lowest BCUT2D eigenvalue weighted by Crippen LogP contribution is -2.12. The zero-order valence-corrected chi connectivity index (χ0v) is 12.6. The molecule has 2 N–H and O–H groups in total. The molecule has 2 rings (SSSR count). The first-order valence-corrected chi connectivity index (χ1v) is 6.42. The maximum atomic E-state index is 12.1. The number of nitrogens with one attached hydrogen (secondary N) is 2. The molecule has 0 unspecified atom stereocenters. The molecule has 0 amide bonds. The molecule has 2 aromatic rings. The smallest absolute Gasteiger partial charge is 0.294 e. The number of rotatable bonds is 2. The van der Waals surface area contributed by atoms with Gasteiger partial charge in [-0.15, -0.1) is 10.2 Å². The van der Waals surface area contributed by atoms with E-state index < -0.39 is 0 Å². The van der Waals surface area contributed by atoms with Gasteiger partial charge in [0.25, 0.3) is 5.56 Å². The Kier molecular flexibility index (Phi) is 3.51. The highest BCUT2D eigenvalue weighted by atomic mass is 16.1. The Morgan fingerprint density at radius 1 is 1.33 bits per heavy atom. The Morgan fingerprint density at radius 2 is 2.00 bits per heavy atom. The Balaban J connectivity index is 2.52. The molecule has 0 fully saturated rings. The van der Waals surface area contributed by atoms with Gasteiger partial charge in [-0.2, -0.15) is 10.4 Å². The van der Waals surface area contributed by atoms with Crippen LogP contribution in [-0.4, -0.2) is 20.0 Å². The lowest BCUT2D eigenvalue weighted by molar-refractivity contribution is 0.552. The van der Waals surface area contributed by atoms with Gasteiger partial charge in [0.05, 0.1) is 11.4 Å². The Labute approximate surface area is 121 Å². The molecular weight excluding hydrogens is 270 g/mol. The van der Waals surface area contributed by atoms with Crippen LogP contribution in [0.4, 0.5) is 11.5 Å². The van der Waals surface area contributed by atoms with Crippen molar-refractivity contribution in [3.05, 3.63) is 27.3 Å². The summed E-state index contributed by atoms with van der Waals surface area (Å²) in [7, 11) is 1.62. The van der Waals surface area contributed by atoms with Gasteiger partial charge >= 0.3 is 0 Å². The Bertz CT molecular complexity index is 792. The fourth-order valence-corrected chi connectivity index (χ4v) is 1.87. The Morgan fingerprint density at radius 3 is 2.57 bits per heavy atom. The van der Waals surface area contributed by atoms with Crippen molar-refractivity contribution >= 4 is 11.5 Å². The number of hydrogen-bond acceptors (Lipinski definition) is 5. The van der Waals surface area contributed by atoms with Crippen molar-refractivity contribution in [2.24, 2.45) is 17.3 Å². The van der Waals surface area contributed by atoms with Gasteiger partial charge in [-0.3, -0.25) is 19.7 Å². The first-order valence-electron chi connectivity index (χ1n) is 6.42. The molecule has 110 valence electrons. The fourth-order valence-electron chi connectivity index (χ4n) is 1.87. The lowest BCUT2D eigenvalue weighted by Gasteiger charge is -2.16. The maximum Gasteiger partial charge on any atom is 0.294 e. The lowest BCUT2D eigenvalue weighted by atomic mass is 9.91. The monoisotopic (exact) mass is 287 g/mol. The molecule has 0 aliphatic heterocycles. The second kappa shape index (κ2) is 5.01. The van der Waals surface area contributed by atoms with Crippen LogP contribution >= 0.6 is 0 Å². The van der Waals surface area contributed by atoms with Gasteiger partial charge in [-0.25, -0.2) is 0 Å². The molecule has 0 aromatic carbocycles. The molecule has 8 heteroatoms. The van der Waals surface area contributed by atoms with Crippen LogP contribution in [0, 0.1) is 18.3 Å². The van der Waals surface area contributed by atoms with E-state index >= 15 is 0 Å². The van der Waals surface area contributed by atoms with E-state index in [1.54, 1.807) is 14.0 Å². The molecule has 0 aliphatic rings. The van der Waals surface area contributed by atoms with E-state index in [9.17, 15) is 4.79 Å². The summed E-state index contributed by atoms with van der Waals surface area (Å²) < 4.78 is 1.36. The van der Waals surface area contributed by atoms with Crippen LogP contribution in [0.15, 0.2) is 15.0 Å². The minimum absolute atomic E-state index is 0.179. The average molecular weight is 287 g/mol. The summed E-state index contributed by atoms with van der Waals surface area (Å²) in [6.07, 6.45) is 0. The zero-order valence-electron chi connectivity index (χ0n) is 12.6. The number of aromatic amines is 2. The summed E-state index contributed by atoms with van der Waals surface area (Å²) in [5.41, 5.74) is 1.30. The second-order valence-electron chi connectivity index (χ2n) is 5.81. The van der Waals surface area contributed by atoms with Gasteiger partial charge in [-0.1, -0.05) is 20.8 Å². The van der Waals surface area contributed by atoms with Crippen molar-refractivity contribution in [3.8, 4) is 6.07 Å². The highest BCUT2D eigenvalue weighted by molar-refractivity contribution is 5.50. The summed E-state index contributed by atoms with van der Waals surface area (Å²) in [5.74, 6) is 0.179. The van der Waals surface area contributed by atoms with Crippen molar-refractivity contribution in [1.29, 1.82) is 5.26 Å². The van der Waals surface area contributed by atoms with Gasteiger partial charge in [-0.05, 0) is 6.92 Å². The van der Waals surface area contributed by atoms with Crippen LogP contribution in [0.25, 0.3) is 0 Å². The summed E-state index contributed by atoms with van der Waals surface area (Å²) in [4.78, 5) is 12.1. The molecule has 0 aliphatic carbocycles. The predicted octanol–water partition coefficient (Wildman–Crippen LogP) is 2.33. The number of aromatic nitrogens is 4. The van der Waals surface area contributed by atoms with Gasteiger partial charge in [0.2, 0.25) is 5.82 Å². The minimum atomic E-state index is -0.283. The second-order valence-corrected chi connectivity index (χ2v) is 5.81. The minimum Gasteiger partial charge on any atom is -0.297 e. The molecule has 0 saturated heterocycles. The highest BCUT2D eigenvalue weighted by Crippen LogP contribution is 2.28. The molecule has 2 aromatic heterocycles. The van der Waals surface area contributed by atoms with E-state index in [0.717, 1.165) is 0 Å². The third kappa shape index (κ3) is 2.63. The molecule has 8 nitrogen and oxygen atoms in total. The molecular formula is C13H17N7O. The van der Waals surface area contributed by atoms with Gasteiger partial charge in [0, 0.05) is 12.5 Å². The normalized spacial score (nSPS) is 12.0. The topological polar surface area (TPSA) is 115 Å². The van der Waals surface area contributed by atoms with E-state index in [1.165, 1.54) is 4.68 Å². The van der Waals surface area contributed by atoms with E-state index in [-0.39, 0.29) is 22.5 Å². The first kappa shape index (κ1) is 14.7. The van der Waals surface area contributed by atoms with Crippen LogP contribution in [-0.2, 0) is 12.5 Å². The first-order chi connectivity index (χ1) is 9.75. The molecule has 0 spiro atoms. The van der Waals surface area contributed by atoms with E-state index in [2.05, 4.69) is 25.5 Å². The van der Waals surface area contributed by atoms with Crippen molar-refractivity contribution in [1.82, 2.24) is 20.0 Å². The predicted molar refractivity (Wildman–Crippen MR) is 76.9 cm³/mol. The quantitative estimate of drug-likeness (QED) is 0.826. The zero-order chi connectivity index (χ0) is 15.8. The standard InChI is InChI=1S/C13H17N7O/c1-7-8(6-14)11(17-15-7)18-16-9-10(13(2,3)4)19-20(5)12(9)21/h19H,1-5H3,(H,15,17). The third-order valence-electron chi connectivity index (χ3n) is 3.06. The molecule has 0 atom stereocenters. The van der Waals surface area contributed by atoms with Crippen molar-refractivity contribution in [3.63, 3.8) is 0 Å². The number of aryl methyl sites for hydroxylation is 2. The molecule has 0 bridgehead atoms. The summed E-state index contributed by atoms with van der Waals surface area (Å²) >= 11 is 0. The number of azo groups is 1. The van der Waals surface area contributed by atoms with E-state index in [1.807, 2.05) is 26.8 Å². The summed E-state index contributed by atoms with van der Waals surface area (Å²) in [5, 5.41) is 26.6. The van der Waals surface area contributed by atoms with E-state index in [4.69, 9.17) is 5.26 Å². The average Bonchev–Trinajstić information content (AvgIpc) is 2.89.